The molecule has 1 rings (SSSR count). The van der Waals surface area contributed by atoms with Crippen molar-refractivity contribution in [1.82, 2.24) is 15.5 Å². The molecule has 0 aromatic carbocycles. The highest BCUT2D eigenvalue weighted by molar-refractivity contribution is 4.88. The van der Waals surface area contributed by atoms with E-state index >= 15 is 0 Å². The SMILES string of the molecule is C=C(C)CCNCCc1ncno1. The predicted octanol–water partition coefficient (Wildman–Crippen LogP) is 1.17. The number of hydrogen-bond donors (Lipinski definition) is 1. The molecule has 0 fully saturated rings. The van der Waals surface area contributed by atoms with Crippen LogP contribution in [0.2, 0.25) is 0 Å². The van der Waals surface area contributed by atoms with Gasteiger partial charge in [0, 0.05) is 13.0 Å². The minimum atomic E-state index is 0.683. The summed E-state index contributed by atoms with van der Waals surface area (Å²) >= 11 is 0. The van der Waals surface area contributed by atoms with E-state index in [4.69, 9.17) is 4.52 Å². The van der Waals surface area contributed by atoms with Crippen LogP contribution in [-0.2, 0) is 6.42 Å². The molecule has 0 amide bonds. The third kappa shape index (κ3) is 4.42. The molecular formula is C9H15N3O. The molecule has 1 N–H and O–H groups in total. The molecule has 0 unspecified atom stereocenters. The average Bonchev–Trinajstić information content (AvgIpc) is 2.55. The second-order valence-corrected chi connectivity index (χ2v) is 3.04. The van der Waals surface area contributed by atoms with Crippen LogP contribution in [0, 0.1) is 0 Å². The van der Waals surface area contributed by atoms with E-state index in [1.165, 1.54) is 11.9 Å². The standard InChI is InChI=1S/C9H15N3O/c1-8(2)3-5-10-6-4-9-11-7-12-13-9/h7,10H,1,3-6H2,2H3. The van der Waals surface area contributed by atoms with Crippen LogP contribution in [0.3, 0.4) is 0 Å². The van der Waals surface area contributed by atoms with Crippen molar-refractivity contribution >= 4 is 0 Å². The maximum Gasteiger partial charge on any atom is 0.227 e. The summed E-state index contributed by atoms with van der Waals surface area (Å²) in [5.74, 6) is 0.683. The second-order valence-electron chi connectivity index (χ2n) is 3.04. The number of rotatable bonds is 6. The van der Waals surface area contributed by atoms with Gasteiger partial charge in [0.25, 0.3) is 0 Å². The molecule has 72 valence electrons. The molecule has 4 heteroatoms. The lowest BCUT2D eigenvalue weighted by molar-refractivity contribution is 0.375. The Kier molecular flexibility index (Phi) is 4.18. The lowest BCUT2D eigenvalue weighted by Crippen LogP contribution is -2.18. The normalized spacial score (nSPS) is 10.2. The molecular weight excluding hydrogens is 166 g/mol. The van der Waals surface area contributed by atoms with Gasteiger partial charge in [0.15, 0.2) is 6.33 Å². The Labute approximate surface area is 78.0 Å². The number of aromatic nitrogens is 2. The summed E-state index contributed by atoms with van der Waals surface area (Å²) in [6.07, 6.45) is 3.23. The Morgan fingerprint density at radius 3 is 3.08 bits per heavy atom. The maximum atomic E-state index is 4.84. The Bertz CT molecular complexity index is 243. The summed E-state index contributed by atoms with van der Waals surface area (Å²) in [5.41, 5.74) is 1.20. The smallest absolute Gasteiger partial charge is 0.227 e. The van der Waals surface area contributed by atoms with E-state index < -0.39 is 0 Å². The molecule has 0 aliphatic heterocycles. The van der Waals surface area contributed by atoms with Crippen LogP contribution >= 0.6 is 0 Å². The summed E-state index contributed by atoms with van der Waals surface area (Å²) in [6.45, 7) is 7.68. The molecule has 0 bridgehead atoms. The van der Waals surface area contributed by atoms with Crippen molar-refractivity contribution in [3.8, 4) is 0 Å². The van der Waals surface area contributed by atoms with Crippen LogP contribution in [0.25, 0.3) is 0 Å². The fourth-order valence-electron chi connectivity index (χ4n) is 0.928. The van der Waals surface area contributed by atoms with Crippen molar-refractivity contribution in [2.75, 3.05) is 13.1 Å². The van der Waals surface area contributed by atoms with Crippen LogP contribution in [0.4, 0.5) is 0 Å². The van der Waals surface area contributed by atoms with Crippen LogP contribution in [0.1, 0.15) is 19.2 Å². The van der Waals surface area contributed by atoms with Gasteiger partial charge in [0.2, 0.25) is 5.89 Å². The maximum absolute atomic E-state index is 4.84. The van der Waals surface area contributed by atoms with Gasteiger partial charge in [-0.1, -0.05) is 10.7 Å². The molecule has 0 saturated heterocycles. The molecule has 13 heavy (non-hydrogen) atoms. The quantitative estimate of drug-likeness (QED) is 0.528. The fraction of sp³-hybridized carbons (Fsp3) is 0.556. The fourth-order valence-corrected chi connectivity index (χ4v) is 0.928. The molecule has 0 saturated carbocycles. The molecule has 1 heterocycles. The molecule has 1 aromatic rings. The van der Waals surface area contributed by atoms with Crippen LogP contribution in [0.5, 0.6) is 0 Å². The number of nitrogens with zero attached hydrogens (tertiary/aromatic N) is 2. The first-order valence-electron chi connectivity index (χ1n) is 4.39. The van der Waals surface area contributed by atoms with Crippen molar-refractivity contribution in [3.63, 3.8) is 0 Å². The largest absolute Gasteiger partial charge is 0.340 e. The van der Waals surface area contributed by atoms with Crippen molar-refractivity contribution in [1.29, 1.82) is 0 Å². The van der Waals surface area contributed by atoms with Gasteiger partial charge >= 0.3 is 0 Å². The van der Waals surface area contributed by atoms with Crippen LogP contribution < -0.4 is 5.32 Å². The van der Waals surface area contributed by atoms with E-state index in [1.807, 2.05) is 6.92 Å². The van der Waals surface area contributed by atoms with Gasteiger partial charge in [-0.2, -0.15) is 4.98 Å². The summed E-state index contributed by atoms with van der Waals surface area (Å²) in [5, 5.41) is 6.79. The van der Waals surface area contributed by atoms with Crippen LogP contribution in [-0.4, -0.2) is 23.2 Å². The summed E-state index contributed by atoms with van der Waals surface area (Å²) in [7, 11) is 0. The van der Waals surface area contributed by atoms with Gasteiger partial charge in [-0.05, 0) is 19.9 Å². The highest BCUT2D eigenvalue weighted by atomic mass is 16.5. The highest BCUT2D eigenvalue weighted by Crippen LogP contribution is 1.93. The van der Waals surface area contributed by atoms with Gasteiger partial charge in [-0.15, -0.1) is 6.58 Å². The zero-order chi connectivity index (χ0) is 9.52. The monoisotopic (exact) mass is 181 g/mol. The van der Waals surface area contributed by atoms with Gasteiger partial charge < -0.3 is 9.84 Å². The van der Waals surface area contributed by atoms with Crippen molar-refractivity contribution in [2.45, 2.75) is 19.8 Å². The Balaban J connectivity index is 1.99. The third-order valence-electron chi connectivity index (χ3n) is 1.65. The summed E-state index contributed by atoms with van der Waals surface area (Å²) in [6, 6.07) is 0. The summed E-state index contributed by atoms with van der Waals surface area (Å²) < 4.78 is 4.84. The summed E-state index contributed by atoms with van der Waals surface area (Å²) in [4.78, 5) is 3.91. The van der Waals surface area contributed by atoms with Crippen molar-refractivity contribution in [3.05, 3.63) is 24.4 Å². The lowest BCUT2D eigenvalue weighted by Gasteiger charge is -2.01. The first kappa shape index (κ1) is 9.92. The Hall–Kier alpha value is -1.16. The van der Waals surface area contributed by atoms with Gasteiger partial charge in [-0.3, -0.25) is 0 Å². The molecule has 1 aromatic heterocycles. The van der Waals surface area contributed by atoms with Gasteiger partial charge in [-0.25, -0.2) is 0 Å². The van der Waals surface area contributed by atoms with Crippen molar-refractivity contribution < 1.29 is 4.52 Å². The van der Waals surface area contributed by atoms with Crippen LogP contribution in [0.15, 0.2) is 23.0 Å². The third-order valence-corrected chi connectivity index (χ3v) is 1.65. The van der Waals surface area contributed by atoms with E-state index in [0.29, 0.717) is 5.89 Å². The Morgan fingerprint density at radius 2 is 2.46 bits per heavy atom. The zero-order valence-corrected chi connectivity index (χ0v) is 7.92. The molecule has 0 radical (unpaired) electrons. The number of hydrogen-bond acceptors (Lipinski definition) is 4. The minimum Gasteiger partial charge on any atom is -0.340 e. The molecule has 0 aliphatic carbocycles. The second kappa shape index (κ2) is 5.48. The van der Waals surface area contributed by atoms with E-state index in [1.54, 1.807) is 0 Å². The first-order valence-corrected chi connectivity index (χ1v) is 4.39. The van der Waals surface area contributed by atoms with E-state index in [0.717, 1.165) is 25.9 Å². The zero-order valence-electron chi connectivity index (χ0n) is 7.92. The van der Waals surface area contributed by atoms with E-state index in [9.17, 15) is 0 Å². The molecule has 0 aliphatic rings. The van der Waals surface area contributed by atoms with E-state index in [-0.39, 0.29) is 0 Å². The minimum absolute atomic E-state index is 0.683. The molecule has 0 atom stereocenters. The van der Waals surface area contributed by atoms with E-state index in [2.05, 4.69) is 22.0 Å². The predicted molar refractivity (Wildman–Crippen MR) is 50.3 cm³/mol. The topological polar surface area (TPSA) is 51.0 Å². The van der Waals surface area contributed by atoms with Gasteiger partial charge in [0.1, 0.15) is 0 Å². The highest BCUT2D eigenvalue weighted by Gasteiger charge is 1.96. The Morgan fingerprint density at radius 1 is 1.62 bits per heavy atom. The number of nitrogens with one attached hydrogen (secondary N) is 1. The lowest BCUT2D eigenvalue weighted by atomic mass is 10.2. The average molecular weight is 181 g/mol. The molecule has 4 nitrogen and oxygen atoms in total. The molecule has 0 spiro atoms. The first-order chi connectivity index (χ1) is 6.29. The van der Waals surface area contributed by atoms with Gasteiger partial charge in [0.05, 0.1) is 0 Å². The van der Waals surface area contributed by atoms with Crippen molar-refractivity contribution in [2.24, 2.45) is 0 Å².